The van der Waals surface area contributed by atoms with Crippen LogP contribution in [-0.4, -0.2) is 53.0 Å². The van der Waals surface area contributed by atoms with Crippen LogP contribution in [-0.2, 0) is 14.9 Å². The largest absolute Gasteiger partial charge is 0.382 e. The minimum absolute atomic E-state index is 0.266. The van der Waals surface area contributed by atoms with Gasteiger partial charge in [-0.15, -0.1) is 0 Å². The van der Waals surface area contributed by atoms with Gasteiger partial charge in [-0.3, -0.25) is 4.99 Å². The lowest BCUT2D eigenvalue weighted by Gasteiger charge is -2.27. The first kappa shape index (κ1) is 22.7. The second-order valence-corrected chi connectivity index (χ2v) is 7.08. The minimum atomic E-state index is -0.328. The van der Waals surface area contributed by atoms with Gasteiger partial charge in [-0.1, -0.05) is 31.5 Å². The number of ether oxygens (including phenoxy) is 2. The lowest BCUT2D eigenvalue weighted by molar-refractivity contribution is 0.0689. The number of hydrogen-bond acceptors (Lipinski definition) is 3. The fourth-order valence-electron chi connectivity index (χ4n) is 2.44. The first-order chi connectivity index (χ1) is 12.4. The van der Waals surface area contributed by atoms with Crippen molar-refractivity contribution >= 4 is 17.6 Å². The number of benzene rings is 1. The third-order valence-electron chi connectivity index (χ3n) is 4.02. The Bertz CT molecular complexity index is 568. The van der Waals surface area contributed by atoms with Gasteiger partial charge in [0.2, 0.25) is 0 Å². The molecule has 0 bridgehead atoms. The van der Waals surface area contributed by atoms with Crippen molar-refractivity contribution in [3.05, 3.63) is 34.6 Å². The minimum Gasteiger partial charge on any atom is -0.382 e. The summed E-state index contributed by atoms with van der Waals surface area (Å²) in [7, 11) is 3.40. The molecule has 0 fully saturated rings. The number of unbranched alkanes of at least 4 members (excludes halogenated alkanes) is 1. The predicted octanol–water partition coefficient (Wildman–Crippen LogP) is 3.36. The molecule has 7 heteroatoms. The molecule has 0 saturated carbocycles. The van der Waals surface area contributed by atoms with Crippen LogP contribution in [0.15, 0.2) is 23.2 Å². The summed E-state index contributed by atoms with van der Waals surface area (Å²) < 4.78 is 23.6. The van der Waals surface area contributed by atoms with E-state index in [9.17, 15) is 4.39 Å². The molecule has 1 aromatic rings. The lowest BCUT2D eigenvalue weighted by atomic mass is 9.84. The first-order valence-corrected chi connectivity index (χ1v) is 9.25. The summed E-state index contributed by atoms with van der Waals surface area (Å²) >= 11 is 6.19. The van der Waals surface area contributed by atoms with Gasteiger partial charge in [0.25, 0.3) is 0 Å². The molecule has 1 rings (SSSR count). The zero-order valence-electron chi connectivity index (χ0n) is 16.2. The Morgan fingerprint density at radius 3 is 2.62 bits per heavy atom. The lowest BCUT2D eigenvalue weighted by Crippen LogP contribution is -2.43. The van der Waals surface area contributed by atoms with E-state index in [2.05, 4.69) is 29.5 Å². The second-order valence-electron chi connectivity index (χ2n) is 6.67. The van der Waals surface area contributed by atoms with Crippen molar-refractivity contribution in [3.8, 4) is 0 Å². The summed E-state index contributed by atoms with van der Waals surface area (Å²) in [5.41, 5.74) is 0.633. The highest BCUT2D eigenvalue weighted by atomic mass is 35.5. The highest BCUT2D eigenvalue weighted by Crippen LogP contribution is 2.29. The Balaban J connectivity index is 2.34. The molecule has 0 radical (unpaired) electrons. The normalized spacial score (nSPS) is 12.3. The summed E-state index contributed by atoms with van der Waals surface area (Å²) in [6.45, 7) is 7.54. The molecule has 0 aliphatic rings. The van der Waals surface area contributed by atoms with Crippen molar-refractivity contribution in [2.75, 3.05) is 47.1 Å². The molecule has 0 aliphatic carbocycles. The van der Waals surface area contributed by atoms with E-state index in [0.717, 1.165) is 37.5 Å². The standard InChI is InChI=1S/C19H31ClFN3O2/c1-19(2,16-8-7-15(21)13-17(16)20)14-24-18(22-3)23-9-5-6-10-26-12-11-25-4/h7-8,13H,5-6,9-12,14H2,1-4H3,(H2,22,23,24). The summed E-state index contributed by atoms with van der Waals surface area (Å²) in [5.74, 6) is 0.405. The average molecular weight is 388 g/mol. The van der Waals surface area contributed by atoms with Crippen LogP contribution < -0.4 is 10.6 Å². The smallest absolute Gasteiger partial charge is 0.191 e. The molecule has 0 aromatic heterocycles. The summed E-state index contributed by atoms with van der Waals surface area (Å²) in [4.78, 5) is 4.23. The number of halogens is 2. The summed E-state index contributed by atoms with van der Waals surface area (Å²) in [6, 6.07) is 4.52. The van der Waals surface area contributed by atoms with Crippen molar-refractivity contribution < 1.29 is 13.9 Å². The van der Waals surface area contributed by atoms with Crippen LogP contribution in [0.25, 0.3) is 0 Å². The van der Waals surface area contributed by atoms with Crippen molar-refractivity contribution in [1.82, 2.24) is 10.6 Å². The molecule has 0 amide bonds. The SMILES string of the molecule is CN=C(NCCCCOCCOC)NCC(C)(C)c1ccc(F)cc1Cl. The Hall–Kier alpha value is -1.37. The summed E-state index contributed by atoms with van der Waals surface area (Å²) in [6.07, 6.45) is 1.96. The van der Waals surface area contributed by atoms with Crippen molar-refractivity contribution in [1.29, 1.82) is 0 Å². The van der Waals surface area contributed by atoms with E-state index < -0.39 is 0 Å². The second kappa shape index (κ2) is 12.1. The molecule has 0 saturated heterocycles. The van der Waals surface area contributed by atoms with Gasteiger partial charge in [0, 0.05) is 44.3 Å². The van der Waals surface area contributed by atoms with E-state index in [-0.39, 0.29) is 11.2 Å². The zero-order chi connectivity index (χ0) is 19.4. The monoisotopic (exact) mass is 387 g/mol. The van der Waals surface area contributed by atoms with Crippen LogP contribution in [0.5, 0.6) is 0 Å². The number of nitrogens with zero attached hydrogens (tertiary/aromatic N) is 1. The van der Waals surface area contributed by atoms with E-state index in [1.807, 2.05) is 0 Å². The molecule has 0 spiro atoms. The van der Waals surface area contributed by atoms with Crippen LogP contribution in [0.2, 0.25) is 5.02 Å². The van der Waals surface area contributed by atoms with Crippen LogP contribution in [0.4, 0.5) is 4.39 Å². The molecule has 26 heavy (non-hydrogen) atoms. The van der Waals surface area contributed by atoms with Gasteiger partial charge in [-0.05, 0) is 30.5 Å². The molecule has 2 N–H and O–H groups in total. The van der Waals surface area contributed by atoms with Crippen LogP contribution >= 0.6 is 11.6 Å². The Morgan fingerprint density at radius 1 is 1.19 bits per heavy atom. The van der Waals surface area contributed by atoms with Gasteiger partial charge in [0.15, 0.2) is 5.96 Å². The van der Waals surface area contributed by atoms with Gasteiger partial charge in [0.05, 0.1) is 13.2 Å². The number of methoxy groups -OCH3 is 1. The zero-order valence-corrected chi connectivity index (χ0v) is 17.0. The van der Waals surface area contributed by atoms with Crippen molar-refractivity contribution in [2.24, 2.45) is 4.99 Å². The molecule has 0 unspecified atom stereocenters. The van der Waals surface area contributed by atoms with E-state index >= 15 is 0 Å². The van der Waals surface area contributed by atoms with E-state index in [0.29, 0.717) is 24.8 Å². The molecule has 148 valence electrons. The maximum Gasteiger partial charge on any atom is 0.191 e. The quantitative estimate of drug-likeness (QED) is 0.347. The molecular formula is C19H31ClFN3O2. The van der Waals surface area contributed by atoms with Crippen LogP contribution in [0.3, 0.4) is 0 Å². The highest BCUT2D eigenvalue weighted by Gasteiger charge is 2.24. The maximum atomic E-state index is 13.2. The van der Waals surface area contributed by atoms with Crippen molar-refractivity contribution in [2.45, 2.75) is 32.1 Å². The number of hydrogen-bond donors (Lipinski definition) is 2. The van der Waals surface area contributed by atoms with E-state index in [4.69, 9.17) is 21.1 Å². The van der Waals surface area contributed by atoms with Crippen LogP contribution in [0.1, 0.15) is 32.3 Å². The first-order valence-electron chi connectivity index (χ1n) is 8.87. The van der Waals surface area contributed by atoms with E-state index in [1.54, 1.807) is 20.2 Å². The average Bonchev–Trinajstić information content (AvgIpc) is 2.59. The molecule has 1 aromatic carbocycles. The molecule has 0 heterocycles. The van der Waals surface area contributed by atoms with Gasteiger partial charge >= 0.3 is 0 Å². The topological polar surface area (TPSA) is 54.9 Å². The number of nitrogens with one attached hydrogen (secondary N) is 2. The number of aliphatic imine (C=N–C) groups is 1. The Morgan fingerprint density at radius 2 is 1.96 bits per heavy atom. The van der Waals surface area contributed by atoms with E-state index in [1.165, 1.54) is 12.1 Å². The fourth-order valence-corrected chi connectivity index (χ4v) is 2.86. The molecular weight excluding hydrogens is 357 g/mol. The summed E-state index contributed by atoms with van der Waals surface area (Å²) in [5, 5.41) is 7.03. The van der Waals surface area contributed by atoms with Gasteiger partial charge in [-0.25, -0.2) is 4.39 Å². The fraction of sp³-hybridized carbons (Fsp3) is 0.632. The number of rotatable bonds is 11. The van der Waals surface area contributed by atoms with Crippen molar-refractivity contribution in [3.63, 3.8) is 0 Å². The molecule has 0 atom stereocenters. The predicted molar refractivity (Wildman–Crippen MR) is 106 cm³/mol. The van der Waals surface area contributed by atoms with Crippen LogP contribution in [0, 0.1) is 5.82 Å². The Labute approximate surface area is 161 Å². The van der Waals surface area contributed by atoms with Gasteiger partial charge in [-0.2, -0.15) is 0 Å². The van der Waals surface area contributed by atoms with Gasteiger partial charge < -0.3 is 20.1 Å². The highest BCUT2D eigenvalue weighted by molar-refractivity contribution is 6.31. The van der Waals surface area contributed by atoms with Gasteiger partial charge in [0.1, 0.15) is 5.82 Å². The Kier molecular flexibility index (Phi) is 10.5. The maximum absolute atomic E-state index is 13.2. The third-order valence-corrected chi connectivity index (χ3v) is 4.33. The number of guanidine groups is 1. The third kappa shape index (κ3) is 8.34. The molecule has 5 nitrogen and oxygen atoms in total. The molecule has 0 aliphatic heterocycles.